The van der Waals surface area contributed by atoms with Crippen LogP contribution in [0.25, 0.3) is 0 Å². The standard InChI is InChI=1S/C16H22N6OS.C10H15NO2S.C6H6O2S.C5H7NS/c1-9-6-7-13(24-9)21-15-10(14(18)23)8-19-16(22-15)20-12-5-3-2-4-11(12)17;1-7-5-6-8(14-7)11-9(12)13-10(2,3)4;1-4-2-3-5(9-4)6(7)8;1-4-2-3-5(6)7-4/h6-8,11-12H,2-5,17H2,1H3,(H2,18,23)(H2,19,20,21,22);5-6H,1-4H3,(H,11,12);2-3H,1H3,(H,7,8);2-3H,6H2,1H3/t11-,12+;;;/m0.../s1. The summed E-state index contributed by atoms with van der Waals surface area (Å²) >= 11 is 6.03. The molecule has 13 nitrogen and oxygen atoms in total. The Morgan fingerprint density at radius 3 is 1.85 bits per heavy atom. The van der Waals surface area contributed by atoms with Gasteiger partial charge in [0, 0.05) is 37.8 Å². The summed E-state index contributed by atoms with van der Waals surface area (Å²) in [7, 11) is 0. The zero-order valence-electron chi connectivity index (χ0n) is 31.5. The van der Waals surface area contributed by atoms with E-state index < -0.39 is 23.6 Å². The third kappa shape index (κ3) is 15.8. The molecule has 1 aliphatic rings. The van der Waals surface area contributed by atoms with Crippen molar-refractivity contribution in [2.75, 3.05) is 21.7 Å². The van der Waals surface area contributed by atoms with Crippen LogP contribution in [0.15, 0.2) is 54.7 Å². The number of thiophene rings is 4. The second-order valence-electron chi connectivity index (χ2n) is 13.3. The maximum Gasteiger partial charge on any atom is 0.412 e. The third-order valence-corrected chi connectivity index (χ3v) is 10.9. The maximum absolute atomic E-state index is 11.6. The van der Waals surface area contributed by atoms with Crippen LogP contribution < -0.4 is 33.2 Å². The molecule has 292 valence electrons. The van der Waals surface area contributed by atoms with Gasteiger partial charge in [-0.15, -0.1) is 45.3 Å². The molecule has 6 rings (SSSR count). The summed E-state index contributed by atoms with van der Waals surface area (Å²) < 4.78 is 5.11. The van der Waals surface area contributed by atoms with Crippen molar-refractivity contribution in [2.45, 2.75) is 91.8 Å². The van der Waals surface area contributed by atoms with Crippen LogP contribution in [-0.4, -0.2) is 50.7 Å². The Bertz CT molecular complexity index is 1950. The quantitative estimate of drug-likeness (QED) is 0.0821. The number of carboxylic acid groups (broad SMARTS) is 1. The molecular weight excluding hydrogens is 765 g/mol. The molecule has 0 aliphatic heterocycles. The van der Waals surface area contributed by atoms with E-state index in [0.29, 0.717) is 16.6 Å². The number of carboxylic acids is 1. The van der Waals surface area contributed by atoms with Gasteiger partial charge in [-0.05, 0) is 110 Å². The number of hydrogen-bond donors (Lipinski definition) is 7. The highest BCUT2D eigenvalue weighted by Crippen LogP contribution is 2.27. The van der Waals surface area contributed by atoms with Gasteiger partial charge in [0.05, 0.1) is 15.0 Å². The van der Waals surface area contributed by atoms with Gasteiger partial charge in [-0.25, -0.2) is 14.6 Å². The molecule has 1 saturated carbocycles. The molecule has 2 amide bonds. The average Bonchev–Trinajstić information content (AvgIpc) is 3.88. The summed E-state index contributed by atoms with van der Waals surface area (Å²) in [4.78, 5) is 46.9. The molecular formula is C37H50N8O5S4. The first-order valence-corrected chi connectivity index (χ1v) is 20.4. The zero-order chi connectivity index (χ0) is 40.0. The van der Waals surface area contributed by atoms with Crippen LogP contribution >= 0.6 is 45.3 Å². The Morgan fingerprint density at radius 2 is 1.41 bits per heavy atom. The van der Waals surface area contributed by atoms with E-state index in [2.05, 4.69) is 25.9 Å². The molecule has 0 aromatic carbocycles. The van der Waals surface area contributed by atoms with Crippen molar-refractivity contribution in [2.24, 2.45) is 11.5 Å². The molecule has 0 spiro atoms. The van der Waals surface area contributed by atoms with E-state index in [1.54, 1.807) is 34.8 Å². The fourth-order valence-electron chi connectivity index (χ4n) is 4.76. The molecule has 1 aliphatic carbocycles. The van der Waals surface area contributed by atoms with Gasteiger partial charge in [0.2, 0.25) is 5.95 Å². The highest BCUT2D eigenvalue weighted by atomic mass is 32.1. The average molecular weight is 815 g/mol. The number of carbonyl (C=O) groups excluding carboxylic acids is 2. The highest BCUT2D eigenvalue weighted by Gasteiger charge is 2.23. The number of aromatic carboxylic acids is 1. The number of amides is 2. The first-order chi connectivity index (χ1) is 25.4. The van der Waals surface area contributed by atoms with Crippen LogP contribution in [0.2, 0.25) is 0 Å². The van der Waals surface area contributed by atoms with Crippen molar-refractivity contribution in [1.82, 2.24) is 9.97 Å². The van der Waals surface area contributed by atoms with Gasteiger partial charge in [0.25, 0.3) is 5.91 Å². The monoisotopic (exact) mass is 814 g/mol. The number of rotatable bonds is 7. The minimum absolute atomic E-state index is 0.0921. The maximum atomic E-state index is 11.6. The topological polar surface area (TPSA) is 221 Å². The van der Waals surface area contributed by atoms with Crippen molar-refractivity contribution in [3.63, 3.8) is 0 Å². The van der Waals surface area contributed by atoms with Gasteiger partial charge >= 0.3 is 12.1 Å². The van der Waals surface area contributed by atoms with Crippen molar-refractivity contribution in [1.29, 1.82) is 0 Å². The molecule has 0 saturated heterocycles. The van der Waals surface area contributed by atoms with E-state index >= 15 is 0 Å². The fraction of sp³-hybridized carbons (Fsp3) is 0.378. The third-order valence-electron chi connectivity index (χ3n) is 7.25. The lowest BCUT2D eigenvalue weighted by Crippen LogP contribution is -2.43. The predicted molar refractivity (Wildman–Crippen MR) is 225 cm³/mol. The molecule has 17 heteroatoms. The zero-order valence-corrected chi connectivity index (χ0v) is 34.8. The number of anilines is 5. The van der Waals surface area contributed by atoms with Crippen LogP contribution in [0.3, 0.4) is 0 Å². The van der Waals surface area contributed by atoms with Crippen molar-refractivity contribution >= 4 is 90.1 Å². The smallest absolute Gasteiger partial charge is 0.412 e. The predicted octanol–water partition coefficient (Wildman–Crippen LogP) is 9.17. The normalized spacial score (nSPS) is 14.8. The van der Waals surface area contributed by atoms with Crippen molar-refractivity contribution in [3.8, 4) is 0 Å². The number of ether oxygens (including phenoxy) is 1. The molecule has 5 aromatic rings. The Morgan fingerprint density at radius 1 is 0.833 bits per heavy atom. The number of nitrogens with two attached hydrogens (primary N) is 3. The number of nitrogens with zero attached hydrogens (tertiary/aromatic N) is 2. The largest absolute Gasteiger partial charge is 0.477 e. The van der Waals surface area contributed by atoms with Crippen LogP contribution in [0.4, 0.5) is 31.6 Å². The summed E-state index contributed by atoms with van der Waals surface area (Å²) in [5.41, 5.74) is 16.8. The summed E-state index contributed by atoms with van der Waals surface area (Å²) in [6.45, 7) is 13.5. The van der Waals surface area contributed by atoms with Gasteiger partial charge in [-0.2, -0.15) is 4.98 Å². The highest BCUT2D eigenvalue weighted by molar-refractivity contribution is 7.16. The number of primary amides is 1. The number of nitrogens with one attached hydrogen (secondary N) is 3. The molecule has 1 fully saturated rings. The van der Waals surface area contributed by atoms with E-state index in [4.69, 9.17) is 27.0 Å². The van der Waals surface area contributed by atoms with Crippen LogP contribution in [0, 0.1) is 27.7 Å². The van der Waals surface area contributed by atoms with Gasteiger partial charge in [0.1, 0.15) is 21.9 Å². The number of carbonyl (C=O) groups is 3. The molecule has 5 aromatic heterocycles. The van der Waals surface area contributed by atoms with Gasteiger partial charge in [0.15, 0.2) is 0 Å². The molecule has 10 N–H and O–H groups in total. The Balaban J connectivity index is 0.000000219. The van der Waals surface area contributed by atoms with Gasteiger partial charge < -0.3 is 37.7 Å². The van der Waals surface area contributed by atoms with E-state index in [-0.39, 0.29) is 17.6 Å². The number of nitrogen functional groups attached to an aromatic ring is 1. The number of hydrogen-bond acceptors (Lipinski definition) is 14. The molecule has 0 bridgehead atoms. The second-order valence-corrected chi connectivity index (χ2v) is 18.4. The lowest BCUT2D eigenvalue weighted by molar-refractivity contribution is 0.0634. The van der Waals surface area contributed by atoms with Crippen LogP contribution in [0.1, 0.15) is 86.0 Å². The Kier molecular flexibility index (Phi) is 16.9. The van der Waals surface area contributed by atoms with Crippen molar-refractivity contribution in [3.05, 3.63) is 84.7 Å². The summed E-state index contributed by atoms with van der Waals surface area (Å²) in [5.74, 6) is -0.538. The van der Waals surface area contributed by atoms with Crippen LogP contribution in [0.5, 0.6) is 0 Å². The van der Waals surface area contributed by atoms with Gasteiger partial charge in [-0.1, -0.05) is 12.8 Å². The van der Waals surface area contributed by atoms with Crippen molar-refractivity contribution < 1.29 is 24.2 Å². The lowest BCUT2D eigenvalue weighted by Gasteiger charge is -2.29. The van der Waals surface area contributed by atoms with E-state index in [9.17, 15) is 14.4 Å². The van der Waals surface area contributed by atoms with Crippen LogP contribution in [-0.2, 0) is 4.74 Å². The fourth-order valence-corrected chi connectivity index (χ4v) is 7.63. The van der Waals surface area contributed by atoms with E-state index in [1.807, 2.05) is 84.9 Å². The number of aromatic nitrogens is 2. The molecule has 54 heavy (non-hydrogen) atoms. The van der Waals surface area contributed by atoms with E-state index in [1.165, 1.54) is 38.6 Å². The molecule has 5 heterocycles. The Hall–Kier alpha value is -4.55. The first kappa shape index (κ1) is 43.9. The van der Waals surface area contributed by atoms with Gasteiger partial charge in [-0.3, -0.25) is 10.1 Å². The minimum atomic E-state index is -0.840. The molecule has 0 radical (unpaired) electrons. The molecule has 0 unspecified atom stereocenters. The SMILES string of the molecule is Cc1ccc(C(=O)O)s1.Cc1ccc(N)s1.Cc1ccc(NC(=O)OC(C)(C)C)s1.Cc1ccc(Nc2nc(N[C@@H]3CCCC[C@@H]3N)ncc2C(N)=O)s1. The summed E-state index contributed by atoms with van der Waals surface area (Å²) in [6, 6.07) is 15.3. The minimum Gasteiger partial charge on any atom is -0.477 e. The molecule has 2 atom stereocenters. The lowest BCUT2D eigenvalue weighted by atomic mass is 9.91. The first-order valence-electron chi connectivity index (χ1n) is 17.1. The summed E-state index contributed by atoms with van der Waals surface area (Å²) in [5, 5.41) is 20.2. The second kappa shape index (κ2) is 20.8. The summed E-state index contributed by atoms with van der Waals surface area (Å²) in [6.07, 6.45) is 5.34. The number of aryl methyl sites for hydroxylation is 4. The van der Waals surface area contributed by atoms with E-state index in [0.717, 1.165) is 50.4 Å². The Labute approximate surface area is 332 Å².